The number of pyridine rings is 1. The van der Waals surface area contributed by atoms with Gasteiger partial charge in [-0.2, -0.15) is 0 Å². The summed E-state index contributed by atoms with van der Waals surface area (Å²) in [5, 5.41) is 0. The van der Waals surface area contributed by atoms with Gasteiger partial charge < -0.3 is 14.5 Å². The van der Waals surface area contributed by atoms with Crippen molar-refractivity contribution in [3.8, 4) is 0 Å². The van der Waals surface area contributed by atoms with Crippen molar-refractivity contribution in [3.63, 3.8) is 0 Å². The minimum Gasteiger partial charge on any atom is -0.465 e. The van der Waals surface area contributed by atoms with E-state index in [1.807, 2.05) is 28.9 Å². The summed E-state index contributed by atoms with van der Waals surface area (Å²) in [6.07, 6.45) is 3.34. The van der Waals surface area contributed by atoms with Gasteiger partial charge in [-0.15, -0.1) is 0 Å². The molecular formula is C24H27N3O4. The molecule has 4 rings (SSSR count). The molecular weight excluding hydrogens is 394 g/mol. The zero-order chi connectivity index (χ0) is 22.1. The average Bonchev–Trinajstić information content (AvgIpc) is 3.36. The summed E-state index contributed by atoms with van der Waals surface area (Å²) in [6, 6.07) is 9.66. The number of nitrogens with zero attached hydrogens (tertiary/aromatic N) is 3. The number of rotatable bonds is 4. The lowest BCUT2D eigenvalue weighted by Crippen LogP contribution is -2.37. The second-order valence-electron chi connectivity index (χ2n) is 8.29. The first-order valence-corrected chi connectivity index (χ1v) is 10.6. The molecule has 2 aromatic rings. The van der Waals surface area contributed by atoms with Gasteiger partial charge in [0.1, 0.15) is 0 Å². The Labute approximate surface area is 182 Å². The van der Waals surface area contributed by atoms with Crippen LogP contribution in [0.5, 0.6) is 0 Å². The van der Waals surface area contributed by atoms with Gasteiger partial charge in [0.05, 0.1) is 24.3 Å². The molecule has 0 bridgehead atoms. The molecule has 162 valence electrons. The number of carbonyl (C=O) groups is 3. The van der Waals surface area contributed by atoms with E-state index < -0.39 is 5.97 Å². The molecule has 2 amide bonds. The molecule has 0 saturated carbocycles. The Kier molecular flexibility index (Phi) is 5.76. The van der Waals surface area contributed by atoms with Crippen LogP contribution in [0.4, 0.5) is 0 Å². The molecule has 0 aliphatic carbocycles. The van der Waals surface area contributed by atoms with E-state index in [1.54, 1.807) is 0 Å². The van der Waals surface area contributed by atoms with Crippen LogP contribution < -0.4 is 0 Å². The monoisotopic (exact) mass is 421 g/mol. The van der Waals surface area contributed by atoms with E-state index in [4.69, 9.17) is 4.74 Å². The normalized spacial score (nSPS) is 22.4. The van der Waals surface area contributed by atoms with Crippen LogP contribution in [0.1, 0.15) is 51.2 Å². The number of aromatic nitrogens is 1. The number of benzene rings is 1. The number of fused-ring (bicyclic) bond motifs is 1. The molecule has 2 aliphatic heterocycles. The zero-order valence-corrected chi connectivity index (χ0v) is 18.1. The quantitative estimate of drug-likeness (QED) is 0.710. The van der Waals surface area contributed by atoms with Gasteiger partial charge in [0.25, 0.3) is 5.91 Å². The Hall–Kier alpha value is -3.22. The third-order valence-electron chi connectivity index (χ3n) is 6.49. The number of likely N-dealkylation sites (tertiary alicyclic amines) is 2. The largest absolute Gasteiger partial charge is 0.465 e. The predicted octanol–water partition coefficient (Wildman–Crippen LogP) is 2.86. The zero-order valence-electron chi connectivity index (χ0n) is 18.1. The highest BCUT2D eigenvalue weighted by atomic mass is 16.5. The Bertz CT molecular complexity index is 1020. The molecule has 2 saturated heterocycles. The molecule has 1 aromatic heterocycles. The van der Waals surface area contributed by atoms with Crippen molar-refractivity contribution in [2.75, 3.05) is 26.7 Å². The summed E-state index contributed by atoms with van der Waals surface area (Å²) in [4.78, 5) is 45.5. The van der Waals surface area contributed by atoms with Gasteiger partial charge in [0.2, 0.25) is 5.91 Å². The number of hydrogen-bond donors (Lipinski definition) is 0. The molecule has 7 nitrogen and oxygen atoms in total. The van der Waals surface area contributed by atoms with Crippen molar-refractivity contribution >= 4 is 17.8 Å². The number of methoxy groups -OCH3 is 1. The number of amides is 2. The van der Waals surface area contributed by atoms with Crippen molar-refractivity contribution in [2.45, 2.75) is 26.3 Å². The minimum absolute atomic E-state index is 0.0315. The van der Waals surface area contributed by atoms with Crippen molar-refractivity contribution in [1.82, 2.24) is 14.8 Å². The van der Waals surface area contributed by atoms with Gasteiger partial charge in [-0.05, 0) is 24.1 Å². The fourth-order valence-electron chi connectivity index (χ4n) is 4.96. The van der Waals surface area contributed by atoms with Crippen LogP contribution >= 0.6 is 0 Å². The minimum atomic E-state index is -0.520. The maximum atomic E-state index is 13.2. The molecule has 1 aromatic carbocycles. The highest BCUT2D eigenvalue weighted by Crippen LogP contribution is 2.46. The average molecular weight is 421 g/mol. The molecule has 0 N–H and O–H groups in total. The van der Waals surface area contributed by atoms with Crippen molar-refractivity contribution < 1.29 is 19.1 Å². The number of carbonyl (C=O) groups excluding carboxylic acids is 3. The summed E-state index contributed by atoms with van der Waals surface area (Å²) in [6.45, 7) is 5.77. The Morgan fingerprint density at radius 2 is 1.84 bits per heavy atom. The molecule has 0 spiro atoms. The molecule has 3 heterocycles. The van der Waals surface area contributed by atoms with E-state index in [0.29, 0.717) is 31.6 Å². The van der Waals surface area contributed by atoms with Gasteiger partial charge in [-0.1, -0.05) is 31.2 Å². The van der Waals surface area contributed by atoms with Crippen LogP contribution in [-0.4, -0.2) is 59.3 Å². The lowest BCUT2D eigenvalue weighted by molar-refractivity contribution is -0.132. The fraction of sp³-hybridized carbons (Fsp3) is 0.417. The van der Waals surface area contributed by atoms with Crippen molar-refractivity contribution in [2.24, 2.45) is 11.8 Å². The van der Waals surface area contributed by atoms with E-state index in [9.17, 15) is 14.4 Å². The first-order chi connectivity index (χ1) is 14.9. The van der Waals surface area contributed by atoms with E-state index >= 15 is 0 Å². The van der Waals surface area contributed by atoms with Crippen molar-refractivity contribution in [1.29, 1.82) is 0 Å². The van der Waals surface area contributed by atoms with Gasteiger partial charge in [-0.3, -0.25) is 14.6 Å². The van der Waals surface area contributed by atoms with Crippen molar-refractivity contribution in [3.05, 3.63) is 65.0 Å². The molecule has 31 heavy (non-hydrogen) atoms. The van der Waals surface area contributed by atoms with Crippen LogP contribution in [0.3, 0.4) is 0 Å². The SMILES string of the molecule is CCC(=O)N1C[C@@H]2CN(C(=O)c3cncc(C(=O)OC)c3)C[C@@H]2[C@H]1c1ccccc1C. The highest BCUT2D eigenvalue weighted by Gasteiger charge is 2.50. The summed E-state index contributed by atoms with van der Waals surface area (Å²) >= 11 is 0. The molecule has 0 unspecified atom stereocenters. The summed E-state index contributed by atoms with van der Waals surface area (Å²) in [7, 11) is 1.30. The third-order valence-corrected chi connectivity index (χ3v) is 6.49. The summed E-state index contributed by atoms with van der Waals surface area (Å²) < 4.78 is 4.73. The van der Waals surface area contributed by atoms with Crippen LogP contribution in [0.15, 0.2) is 42.7 Å². The number of esters is 1. The van der Waals surface area contributed by atoms with E-state index in [1.165, 1.54) is 25.6 Å². The molecule has 2 aliphatic rings. The topological polar surface area (TPSA) is 79.8 Å². The van der Waals surface area contributed by atoms with Crippen LogP contribution in [-0.2, 0) is 9.53 Å². The predicted molar refractivity (Wildman–Crippen MR) is 114 cm³/mol. The Balaban J connectivity index is 1.59. The fourth-order valence-corrected chi connectivity index (χ4v) is 4.96. The molecule has 3 atom stereocenters. The number of ether oxygens (including phenoxy) is 1. The van der Waals surface area contributed by atoms with E-state index in [-0.39, 0.29) is 35.3 Å². The summed E-state index contributed by atoms with van der Waals surface area (Å²) in [5.74, 6) is -0.119. The standard InChI is InChI=1S/C24H27N3O4/c1-4-21(28)27-13-18-12-26(14-20(18)22(27)19-8-6-5-7-15(19)2)23(29)16-9-17(11-25-10-16)24(30)31-3/h5-11,18,20,22H,4,12-14H2,1-3H3/t18-,20-,22+/m0/s1. The summed E-state index contributed by atoms with van der Waals surface area (Å²) in [5.41, 5.74) is 2.93. The van der Waals surface area contributed by atoms with Crippen LogP contribution in [0, 0.1) is 18.8 Å². The molecule has 2 fully saturated rings. The van der Waals surface area contributed by atoms with Crippen LogP contribution in [0.2, 0.25) is 0 Å². The molecule has 7 heteroatoms. The maximum Gasteiger partial charge on any atom is 0.339 e. The lowest BCUT2D eigenvalue weighted by atomic mass is 9.87. The number of aryl methyl sites for hydroxylation is 1. The smallest absolute Gasteiger partial charge is 0.339 e. The van der Waals surface area contributed by atoms with E-state index in [2.05, 4.69) is 24.0 Å². The first kappa shape index (κ1) is 21.0. The van der Waals surface area contributed by atoms with Gasteiger partial charge in [0.15, 0.2) is 0 Å². The number of hydrogen-bond acceptors (Lipinski definition) is 5. The van der Waals surface area contributed by atoms with Gasteiger partial charge in [-0.25, -0.2) is 4.79 Å². The second-order valence-corrected chi connectivity index (χ2v) is 8.29. The Morgan fingerprint density at radius 3 is 2.55 bits per heavy atom. The highest BCUT2D eigenvalue weighted by molar-refractivity contribution is 5.97. The molecule has 0 radical (unpaired) electrons. The first-order valence-electron chi connectivity index (χ1n) is 10.6. The lowest BCUT2D eigenvalue weighted by Gasteiger charge is -2.31. The third kappa shape index (κ3) is 3.80. The van der Waals surface area contributed by atoms with Crippen LogP contribution in [0.25, 0.3) is 0 Å². The van der Waals surface area contributed by atoms with Gasteiger partial charge >= 0.3 is 5.97 Å². The maximum absolute atomic E-state index is 13.2. The van der Waals surface area contributed by atoms with Gasteiger partial charge in [0, 0.05) is 50.3 Å². The Morgan fingerprint density at radius 1 is 1.10 bits per heavy atom. The van der Waals surface area contributed by atoms with E-state index in [0.717, 1.165) is 11.1 Å². The second kappa shape index (κ2) is 8.49.